The molecular weight excluding hydrogens is 422 g/mol. The van der Waals surface area contributed by atoms with Crippen molar-refractivity contribution in [1.29, 1.82) is 0 Å². The molecule has 2 aromatic heterocycles. The van der Waals surface area contributed by atoms with E-state index < -0.39 is 5.92 Å². The summed E-state index contributed by atoms with van der Waals surface area (Å²) in [6.45, 7) is 3.63. The molecule has 1 atom stereocenters. The number of fused-ring (bicyclic) bond motifs is 1. The molecule has 2 amide bonds. The van der Waals surface area contributed by atoms with Crippen LogP contribution in [0.25, 0.3) is 16.6 Å². The van der Waals surface area contributed by atoms with Crippen molar-refractivity contribution in [2.24, 2.45) is 5.92 Å². The Hall–Kier alpha value is -3.72. The molecule has 0 spiro atoms. The standard InChI is InChI=1S/C24H29N5O4/c1-3-4-5-8-19(15-28(33)16-30)23(31)27-26-20-12-14-29(24(32)17(20)2)21-11-6-9-18-10-7-13-25-22(18)21/h6-7,9-14,16,19,26,33H,3-5,8,15H2,1-2H3,(H,27,31). The summed E-state index contributed by atoms with van der Waals surface area (Å²) in [6, 6.07) is 11.1. The van der Waals surface area contributed by atoms with Crippen LogP contribution in [0.15, 0.2) is 53.6 Å². The molecular formula is C24H29N5O4. The lowest BCUT2D eigenvalue weighted by molar-refractivity contribution is -0.154. The summed E-state index contributed by atoms with van der Waals surface area (Å²) in [5, 5.41) is 10.9. The number of amides is 2. The van der Waals surface area contributed by atoms with Crippen molar-refractivity contribution in [2.45, 2.75) is 39.5 Å². The first-order valence-corrected chi connectivity index (χ1v) is 11.0. The largest absolute Gasteiger partial charge is 0.298 e. The van der Waals surface area contributed by atoms with Crippen LogP contribution in [0, 0.1) is 12.8 Å². The van der Waals surface area contributed by atoms with Gasteiger partial charge >= 0.3 is 0 Å². The van der Waals surface area contributed by atoms with Crippen molar-refractivity contribution in [3.05, 3.63) is 64.7 Å². The first-order chi connectivity index (χ1) is 16.0. The average molecular weight is 452 g/mol. The van der Waals surface area contributed by atoms with Crippen molar-refractivity contribution in [3.63, 3.8) is 0 Å². The maximum absolute atomic E-state index is 13.1. The number of unbranched alkanes of at least 4 members (excludes halogenated alkanes) is 2. The molecule has 3 aromatic rings. The molecule has 2 heterocycles. The Morgan fingerprint density at radius 2 is 2.03 bits per heavy atom. The Labute approximate surface area is 192 Å². The van der Waals surface area contributed by atoms with Gasteiger partial charge in [0.2, 0.25) is 12.3 Å². The minimum atomic E-state index is -0.582. The zero-order valence-electron chi connectivity index (χ0n) is 18.8. The summed E-state index contributed by atoms with van der Waals surface area (Å²) in [5.74, 6) is -0.949. The van der Waals surface area contributed by atoms with Crippen LogP contribution in [0.1, 0.15) is 38.2 Å². The second kappa shape index (κ2) is 11.2. The molecule has 0 fully saturated rings. The van der Waals surface area contributed by atoms with E-state index in [1.807, 2.05) is 30.3 Å². The second-order valence-electron chi connectivity index (χ2n) is 7.92. The van der Waals surface area contributed by atoms with Gasteiger partial charge in [-0.05, 0) is 31.5 Å². The van der Waals surface area contributed by atoms with Crippen molar-refractivity contribution in [3.8, 4) is 5.69 Å². The van der Waals surface area contributed by atoms with Gasteiger partial charge < -0.3 is 0 Å². The van der Waals surface area contributed by atoms with Crippen molar-refractivity contribution in [1.82, 2.24) is 20.0 Å². The number of hydrogen-bond donors (Lipinski definition) is 3. The van der Waals surface area contributed by atoms with E-state index in [0.717, 1.165) is 24.6 Å². The highest BCUT2D eigenvalue weighted by molar-refractivity contribution is 5.86. The van der Waals surface area contributed by atoms with Crippen LogP contribution >= 0.6 is 0 Å². The number of benzene rings is 1. The van der Waals surface area contributed by atoms with Crippen molar-refractivity contribution >= 4 is 28.9 Å². The predicted molar refractivity (Wildman–Crippen MR) is 126 cm³/mol. The fraction of sp³-hybridized carbons (Fsp3) is 0.333. The van der Waals surface area contributed by atoms with Gasteiger partial charge in [0.1, 0.15) is 0 Å². The Balaban J connectivity index is 1.78. The molecule has 0 aliphatic heterocycles. The third-order valence-corrected chi connectivity index (χ3v) is 5.58. The SMILES string of the molecule is CCCCCC(CN(O)C=O)C(=O)NNc1ccn(-c2cccc3cccnc23)c(=O)c1C. The van der Waals surface area contributed by atoms with Crippen molar-refractivity contribution in [2.75, 3.05) is 12.0 Å². The van der Waals surface area contributed by atoms with E-state index in [9.17, 15) is 19.6 Å². The molecule has 0 bridgehead atoms. The quantitative estimate of drug-likeness (QED) is 0.178. The van der Waals surface area contributed by atoms with Crippen LogP contribution < -0.4 is 16.4 Å². The van der Waals surface area contributed by atoms with E-state index in [1.54, 1.807) is 25.4 Å². The van der Waals surface area contributed by atoms with Gasteiger partial charge in [0.25, 0.3) is 5.56 Å². The summed E-state index contributed by atoms with van der Waals surface area (Å²) in [5.41, 5.74) is 7.45. The van der Waals surface area contributed by atoms with E-state index in [-0.39, 0.29) is 24.4 Å². The van der Waals surface area contributed by atoms with E-state index in [2.05, 4.69) is 22.8 Å². The zero-order valence-corrected chi connectivity index (χ0v) is 18.8. The Kier molecular flexibility index (Phi) is 8.15. The Morgan fingerprint density at radius 3 is 2.79 bits per heavy atom. The number of hydroxylamine groups is 2. The average Bonchev–Trinajstić information content (AvgIpc) is 2.84. The number of hydrogen-bond acceptors (Lipinski definition) is 6. The van der Waals surface area contributed by atoms with Gasteiger partial charge in [-0.2, -0.15) is 0 Å². The minimum absolute atomic E-state index is 0.102. The van der Waals surface area contributed by atoms with E-state index >= 15 is 0 Å². The number of hydrazine groups is 1. The number of carbonyl (C=O) groups excluding carboxylic acids is 2. The number of aromatic nitrogens is 2. The van der Waals surface area contributed by atoms with Crippen LogP contribution in [-0.4, -0.2) is 38.7 Å². The van der Waals surface area contributed by atoms with Gasteiger partial charge in [0, 0.05) is 23.3 Å². The molecule has 3 rings (SSSR count). The van der Waals surface area contributed by atoms with Gasteiger partial charge in [0.05, 0.1) is 29.4 Å². The van der Waals surface area contributed by atoms with E-state index in [4.69, 9.17) is 0 Å². The number of anilines is 1. The molecule has 1 unspecified atom stereocenters. The molecule has 0 aliphatic rings. The van der Waals surface area contributed by atoms with Gasteiger partial charge in [0.15, 0.2) is 0 Å². The molecule has 0 radical (unpaired) electrons. The maximum Gasteiger partial charge on any atom is 0.260 e. The lowest BCUT2D eigenvalue weighted by atomic mass is 10.0. The number of para-hydroxylation sites is 1. The lowest BCUT2D eigenvalue weighted by Gasteiger charge is -2.20. The highest BCUT2D eigenvalue weighted by atomic mass is 16.5. The first-order valence-electron chi connectivity index (χ1n) is 11.0. The number of nitrogens with zero attached hydrogens (tertiary/aromatic N) is 3. The fourth-order valence-corrected chi connectivity index (χ4v) is 3.69. The highest BCUT2D eigenvalue weighted by Gasteiger charge is 2.21. The van der Waals surface area contributed by atoms with Crippen molar-refractivity contribution < 1.29 is 14.8 Å². The number of nitrogens with one attached hydrogen (secondary N) is 2. The topological polar surface area (TPSA) is 117 Å². The zero-order chi connectivity index (χ0) is 23.8. The van der Waals surface area contributed by atoms with Gasteiger partial charge in [-0.3, -0.25) is 40.0 Å². The molecule has 174 valence electrons. The van der Waals surface area contributed by atoms with Gasteiger partial charge in [-0.1, -0.05) is 44.4 Å². The smallest absolute Gasteiger partial charge is 0.260 e. The van der Waals surface area contributed by atoms with Gasteiger partial charge in [-0.15, -0.1) is 0 Å². The number of rotatable bonds is 11. The van der Waals surface area contributed by atoms with E-state index in [1.165, 1.54) is 4.57 Å². The molecule has 9 nitrogen and oxygen atoms in total. The Bertz CT molecular complexity index is 1170. The van der Waals surface area contributed by atoms with Crippen LogP contribution in [0.2, 0.25) is 0 Å². The third-order valence-electron chi connectivity index (χ3n) is 5.58. The number of pyridine rings is 2. The third kappa shape index (κ3) is 5.75. The number of carbonyl (C=O) groups is 2. The maximum atomic E-state index is 13.1. The summed E-state index contributed by atoms with van der Waals surface area (Å²) >= 11 is 0. The molecule has 1 aromatic carbocycles. The van der Waals surface area contributed by atoms with Crippen LogP contribution in [0.3, 0.4) is 0 Å². The minimum Gasteiger partial charge on any atom is -0.298 e. The van der Waals surface area contributed by atoms with Crippen LogP contribution in [0.4, 0.5) is 5.69 Å². The first kappa shape index (κ1) is 23.9. The Morgan fingerprint density at radius 1 is 1.24 bits per heavy atom. The predicted octanol–water partition coefficient (Wildman–Crippen LogP) is 3.18. The second-order valence-corrected chi connectivity index (χ2v) is 7.92. The monoisotopic (exact) mass is 451 g/mol. The molecule has 0 saturated heterocycles. The summed E-state index contributed by atoms with van der Waals surface area (Å²) in [6.07, 6.45) is 6.86. The molecule has 9 heteroatoms. The highest BCUT2D eigenvalue weighted by Crippen LogP contribution is 2.20. The summed E-state index contributed by atoms with van der Waals surface area (Å²) < 4.78 is 1.53. The van der Waals surface area contributed by atoms with Crippen LogP contribution in [-0.2, 0) is 9.59 Å². The van der Waals surface area contributed by atoms with E-state index in [0.29, 0.717) is 33.9 Å². The molecule has 3 N–H and O–H groups in total. The molecule has 0 aliphatic carbocycles. The molecule has 0 saturated carbocycles. The van der Waals surface area contributed by atoms with Crippen LogP contribution in [0.5, 0.6) is 0 Å². The fourth-order valence-electron chi connectivity index (χ4n) is 3.69. The molecule has 33 heavy (non-hydrogen) atoms. The summed E-state index contributed by atoms with van der Waals surface area (Å²) in [4.78, 5) is 40.9. The summed E-state index contributed by atoms with van der Waals surface area (Å²) in [7, 11) is 0. The lowest BCUT2D eigenvalue weighted by Crippen LogP contribution is -2.40. The van der Waals surface area contributed by atoms with Gasteiger partial charge in [-0.25, -0.2) is 5.06 Å². The normalized spacial score (nSPS) is 11.7.